The van der Waals surface area contributed by atoms with Crippen molar-refractivity contribution < 1.29 is 9.74 Å². The SMILES string of the molecule is CCc1c(-c2nonc2N)sc2ccc(C(N)c3cccc(O)c3)cc12. The molecule has 26 heavy (non-hydrogen) atoms. The minimum absolute atomic E-state index is 0.208. The number of hydrogen-bond acceptors (Lipinski definition) is 7. The van der Waals surface area contributed by atoms with Gasteiger partial charge in [-0.05, 0) is 63.1 Å². The number of rotatable bonds is 4. The van der Waals surface area contributed by atoms with E-state index in [0.717, 1.165) is 38.1 Å². The number of nitrogens with two attached hydrogens (primary N) is 2. The summed E-state index contributed by atoms with van der Waals surface area (Å²) in [5.41, 5.74) is 15.9. The number of aromatic hydroxyl groups is 1. The van der Waals surface area contributed by atoms with Crippen LogP contribution >= 0.6 is 11.3 Å². The van der Waals surface area contributed by atoms with Crippen molar-refractivity contribution in [2.45, 2.75) is 19.4 Å². The van der Waals surface area contributed by atoms with Crippen LogP contribution in [0.25, 0.3) is 20.7 Å². The molecule has 6 nitrogen and oxygen atoms in total. The number of fused-ring (bicyclic) bond motifs is 1. The van der Waals surface area contributed by atoms with E-state index in [9.17, 15) is 5.11 Å². The van der Waals surface area contributed by atoms with Gasteiger partial charge in [-0.25, -0.2) is 4.63 Å². The van der Waals surface area contributed by atoms with Crippen molar-refractivity contribution in [1.82, 2.24) is 10.3 Å². The molecular weight excluding hydrogens is 348 g/mol. The zero-order chi connectivity index (χ0) is 18.3. The summed E-state index contributed by atoms with van der Waals surface area (Å²) >= 11 is 1.62. The standard InChI is InChI=1S/C19H18N4O2S/c1-2-13-14-9-11(16(20)10-4-3-5-12(24)8-10)6-7-15(14)26-18(13)17-19(21)23-25-22-17/h3-9,16,24H,2,20H2,1H3,(H2,21,23). The quantitative estimate of drug-likeness (QED) is 0.506. The van der Waals surface area contributed by atoms with Crippen LogP contribution in [0.4, 0.5) is 5.82 Å². The third-order valence-electron chi connectivity index (χ3n) is 4.49. The van der Waals surface area contributed by atoms with Gasteiger partial charge in [-0.3, -0.25) is 0 Å². The van der Waals surface area contributed by atoms with Crippen molar-refractivity contribution in [3.8, 4) is 16.3 Å². The van der Waals surface area contributed by atoms with Gasteiger partial charge in [0.25, 0.3) is 0 Å². The first-order valence-corrected chi connectivity index (χ1v) is 9.08. The van der Waals surface area contributed by atoms with Crippen LogP contribution in [0, 0.1) is 0 Å². The maximum Gasteiger partial charge on any atom is 0.197 e. The van der Waals surface area contributed by atoms with Gasteiger partial charge in [0, 0.05) is 4.70 Å². The lowest BCUT2D eigenvalue weighted by Gasteiger charge is -2.13. The van der Waals surface area contributed by atoms with Gasteiger partial charge in [0.2, 0.25) is 0 Å². The van der Waals surface area contributed by atoms with Crippen LogP contribution in [0.2, 0.25) is 0 Å². The summed E-state index contributed by atoms with van der Waals surface area (Å²) in [5, 5.41) is 18.5. The van der Waals surface area contributed by atoms with E-state index < -0.39 is 0 Å². The van der Waals surface area contributed by atoms with Crippen LogP contribution in [-0.4, -0.2) is 15.4 Å². The topological polar surface area (TPSA) is 111 Å². The highest BCUT2D eigenvalue weighted by Gasteiger charge is 2.20. The van der Waals surface area contributed by atoms with Gasteiger partial charge >= 0.3 is 0 Å². The molecule has 0 aliphatic carbocycles. The fraction of sp³-hybridized carbons (Fsp3) is 0.158. The Morgan fingerprint density at radius 2 is 1.96 bits per heavy atom. The molecule has 0 saturated heterocycles. The van der Waals surface area contributed by atoms with Crippen molar-refractivity contribution in [3.63, 3.8) is 0 Å². The Hall–Kier alpha value is -2.90. The average Bonchev–Trinajstić information content (AvgIpc) is 3.22. The van der Waals surface area contributed by atoms with E-state index in [0.29, 0.717) is 11.5 Å². The van der Waals surface area contributed by atoms with Gasteiger partial charge in [-0.1, -0.05) is 25.1 Å². The largest absolute Gasteiger partial charge is 0.508 e. The lowest BCUT2D eigenvalue weighted by molar-refractivity contribution is 0.310. The fourth-order valence-electron chi connectivity index (χ4n) is 3.17. The molecule has 4 rings (SSSR count). The number of phenols is 1. The normalized spacial score (nSPS) is 12.5. The predicted octanol–water partition coefficient (Wildman–Crippen LogP) is 3.85. The summed E-state index contributed by atoms with van der Waals surface area (Å²) in [7, 11) is 0. The van der Waals surface area contributed by atoms with Crippen LogP contribution in [0.1, 0.15) is 29.7 Å². The molecule has 0 amide bonds. The average molecular weight is 366 g/mol. The lowest BCUT2D eigenvalue weighted by Crippen LogP contribution is -2.11. The number of thiophene rings is 1. The second-order valence-corrected chi connectivity index (χ2v) is 7.14. The molecule has 5 N–H and O–H groups in total. The summed E-state index contributed by atoms with van der Waals surface area (Å²) in [4.78, 5) is 0.976. The van der Waals surface area contributed by atoms with Crippen molar-refractivity contribution in [2.75, 3.05) is 5.73 Å². The zero-order valence-corrected chi connectivity index (χ0v) is 15.0. The summed E-state index contributed by atoms with van der Waals surface area (Å²) in [6.45, 7) is 2.09. The molecule has 2 aromatic heterocycles. The highest BCUT2D eigenvalue weighted by molar-refractivity contribution is 7.22. The van der Waals surface area contributed by atoms with Gasteiger partial charge in [-0.2, -0.15) is 0 Å². The Labute approximate surface area is 154 Å². The van der Waals surface area contributed by atoms with Gasteiger partial charge in [0.15, 0.2) is 11.5 Å². The first-order chi connectivity index (χ1) is 12.6. The van der Waals surface area contributed by atoms with Crippen LogP contribution in [0.5, 0.6) is 5.75 Å². The van der Waals surface area contributed by atoms with Gasteiger partial charge in [0.1, 0.15) is 5.75 Å². The minimum Gasteiger partial charge on any atom is -0.508 e. The number of phenolic OH excluding ortho intramolecular Hbond substituents is 1. The number of nitrogen functional groups attached to an aromatic ring is 1. The van der Waals surface area contributed by atoms with E-state index in [4.69, 9.17) is 16.1 Å². The molecule has 2 heterocycles. The van der Waals surface area contributed by atoms with E-state index in [1.807, 2.05) is 12.1 Å². The van der Waals surface area contributed by atoms with Crippen molar-refractivity contribution in [1.29, 1.82) is 0 Å². The predicted molar refractivity (Wildman–Crippen MR) is 103 cm³/mol. The summed E-state index contributed by atoms with van der Waals surface area (Å²) in [5.74, 6) is 0.503. The van der Waals surface area contributed by atoms with Gasteiger partial charge < -0.3 is 16.6 Å². The molecule has 0 aliphatic rings. The first-order valence-electron chi connectivity index (χ1n) is 8.26. The number of aryl methyl sites for hydroxylation is 1. The molecule has 0 aliphatic heterocycles. The Morgan fingerprint density at radius 1 is 1.15 bits per heavy atom. The molecule has 4 aromatic rings. The Balaban J connectivity index is 1.83. The summed E-state index contributed by atoms with van der Waals surface area (Å²) in [6.07, 6.45) is 0.826. The van der Waals surface area contributed by atoms with Crippen molar-refractivity contribution in [3.05, 3.63) is 59.2 Å². The molecule has 1 unspecified atom stereocenters. The van der Waals surface area contributed by atoms with E-state index in [1.165, 1.54) is 0 Å². The maximum absolute atomic E-state index is 9.71. The van der Waals surface area contributed by atoms with E-state index in [2.05, 4.69) is 29.4 Å². The second kappa shape index (κ2) is 6.44. The Morgan fingerprint density at radius 3 is 2.65 bits per heavy atom. The van der Waals surface area contributed by atoms with Crippen LogP contribution in [0.3, 0.4) is 0 Å². The van der Waals surface area contributed by atoms with Crippen molar-refractivity contribution >= 4 is 27.2 Å². The highest BCUT2D eigenvalue weighted by Crippen LogP contribution is 2.41. The molecule has 0 saturated carbocycles. The third kappa shape index (κ3) is 2.71. The van der Waals surface area contributed by atoms with E-state index in [1.54, 1.807) is 29.5 Å². The third-order valence-corrected chi connectivity index (χ3v) is 5.71. The molecule has 7 heteroatoms. The molecule has 1 atom stereocenters. The number of hydrogen-bond donors (Lipinski definition) is 3. The van der Waals surface area contributed by atoms with E-state index in [-0.39, 0.29) is 11.8 Å². The molecule has 0 spiro atoms. The molecule has 0 radical (unpaired) electrons. The lowest BCUT2D eigenvalue weighted by atomic mass is 9.96. The number of aromatic nitrogens is 2. The summed E-state index contributed by atoms with van der Waals surface area (Å²) < 4.78 is 5.89. The molecular formula is C19H18N4O2S. The smallest absolute Gasteiger partial charge is 0.197 e. The monoisotopic (exact) mass is 366 g/mol. The molecule has 0 bridgehead atoms. The first kappa shape index (κ1) is 16.6. The van der Waals surface area contributed by atoms with Crippen LogP contribution in [-0.2, 0) is 6.42 Å². The van der Waals surface area contributed by atoms with Gasteiger partial charge in [0.05, 0.1) is 10.9 Å². The van der Waals surface area contributed by atoms with E-state index >= 15 is 0 Å². The number of anilines is 1. The number of benzene rings is 2. The van der Waals surface area contributed by atoms with Crippen molar-refractivity contribution in [2.24, 2.45) is 5.73 Å². The van der Waals surface area contributed by atoms with Gasteiger partial charge in [-0.15, -0.1) is 11.3 Å². The number of nitrogens with zero attached hydrogens (tertiary/aromatic N) is 2. The zero-order valence-electron chi connectivity index (χ0n) is 14.1. The molecule has 0 fully saturated rings. The highest BCUT2D eigenvalue weighted by atomic mass is 32.1. The fourth-order valence-corrected chi connectivity index (χ4v) is 4.43. The maximum atomic E-state index is 9.71. The second-order valence-electron chi connectivity index (χ2n) is 6.09. The van der Waals surface area contributed by atoms with Crippen LogP contribution in [0.15, 0.2) is 47.1 Å². The minimum atomic E-state index is -0.321. The summed E-state index contributed by atoms with van der Waals surface area (Å²) in [6, 6.07) is 12.9. The molecule has 2 aromatic carbocycles. The molecule has 132 valence electrons. The Kier molecular flexibility index (Phi) is 4.10. The Bertz CT molecular complexity index is 1090. The van der Waals surface area contributed by atoms with Crippen LogP contribution < -0.4 is 11.5 Å².